The van der Waals surface area contributed by atoms with Gasteiger partial charge in [0.15, 0.2) is 5.69 Å². The number of carbonyl (C=O) groups is 1. The van der Waals surface area contributed by atoms with Gasteiger partial charge in [-0.1, -0.05) is 0 Å². The molecule has 0 spiro atoms. The van der Waals surface area contributed by atoms with Crippen molar-refractivity contribution in [2.24, 2.45) is 0 Å². The number of alkyl halides is 3. The summed E-state index contributed by atoms with van der Waals surface area (Å²) < 4.78 is 53.3. The van der Waals surface area contributed by atoms with Crippen molar-refractivity contribution in [3.05, 3.63) is 65.4 Å². The number of benzene rings is 1. The number of carboxylic acid groups (broad SMARTS) is 1. The quantitative estimate of drug-likeness (QED) is 0.700. The van der Waals surface area contributed by atoms with Gasteiger partial charge >= 0.3 is 12.1 Å². The first-order valence-electron chi connectivity index (χ1n) is 7.06. The molecule has 5 nitrogen and oxygen atoms in total. The predicted molar refractivity (Wildman–Crippen MR) is 80.9 cm³/mol. The van der Waals surface area contributed by atoms with Gasteiger partial charge in [0.2, 0.25) is 0 Å². The van der Waals surface area contributed by atoms with Crippen LogP contribution in [-0.4, -0.2) is 20.5 Å². The van der Waals surface area contributed by atoms with Gasteiger partial charge in [-0.05, 0) is 30.3 Å². The fourth-order valence-corrected chi connectivity index (χ4v) is 2.43. The van der Waals surface area contributed by atoms with E-state index in [1.807, 2.05) is 0 Å². The second-order valence-electron chi connectivity index (χ2n) is 5.21. The minimum Gasteiger partial charge on any atom is -0.476 e. The Bertz CT molecular complexity index is 950. The van der Waals surface area contributed by atoms with E-state index in [1.54, 1.807) is 0 Å². The molecule has 130 valence electrons. The number of anilines is 1. The number of imidazole rings is 1. The number of hydrogen-bond acceptors (Lipinski definition) is 3. The number of nitrogens with one attached hydrogen (secondary N) is 1. The smallest absolute Gasteiger partial charge is 0.416 e. The van der Waals surface area contributed by atoms with Crippen LogP contribution < -0.4 is 5.32 Å². The van der Waals surface area contributed by atoms with Crippen LogP contribution in [0.2, 0.25) is 0 Å². The van der Waals surface area contributed by atoms with Gasteiger partial charge in [0.05, 0.1) is 11.3 Å². The third-order valence-electron chi connectivity index (χ3n) is 3.61. The maximum absolute atomic E-state index is 13.8. The van der Waals surface area contributed by atoms with Crippen LogP contribution in [0.5, 0.6) is 0 Å². The van der Waals surface area contributed by atoms with Crippen LogP contribution in [-0.2, 0) is 12.7 Å². The lowest BCUT2D eigenvalue weighted by Crippen LogP contribution is -2.12. The number of nitrogens with zero attached hydrogens (tertiary/aromatic N) is 2. The van der Waals surface area contributed by atoms with E-state index in [0.29, 0.717) is 17.8 Å². The molecule has 3 rings (SSSR count). The molecule has 0 atom stereocenters. The molecule has 0 saturated carbocycles. The Morgan fingerprint density at radius 2 is 2.00 bits per heavy atom. The second kappa shape index (κ2) is 6.08. The third kappa shape index (κ3) is 3.25. The van der Waals surface area contributed by atoms with Crippen molar-refractivity contribution >= 4 is 17.3 Å². The molecule has 0 radical (unpaired) electrons. The Morgan fingerprint density at radius 3 is 2.68 bits per heavy atom. The summed E-state index contributed by atoms with van der Waals surface area (Å²) in [7, 11) is 0. The summed E-state index contributed by atoms with van der Waals surface area (Å²) in [5, 5.41) is 12.0. The van der Waals surface area contributed by atoms with E-state index in [9.17, 15) is 27.5 Å². The summed E-state index contributed by atoms with van der Waals surface area (Å²) >= 11 is 0. The van der Waals surface area contributed by atoms with Crippen LogP contribution in [0.4, 0.5) is 23.2 Å². The highest BCUT2D eigenvalue weighted by Crippen LogP contribution is 2.30. The molecule has 0 amide bonds. The molecule has 1 aromatic carbocycles. The maximum Gasteiger partial charge on any atom is 0.416 e. The molecule has 0 fully saturated rings. The largest absolute Gasteiger partial charge is 0.476 e. The second-order valence-corrected chi connectivity index (χ2v) is 5.21. The number of halogens is 4. The minimum atomic E-state index is -4.59. The number of pyridine rings is 1. The van der Waals surface area contributed by atoms with Crippen molar-refractivity contribution in [1.29, 1.82) is 0 Å². The highest BCUT2D eigenvalue weighted by atomic mass is 19.4. The van der Waals surface area contributed by atoms with Crippen LogP contribution in [0.3, 0.4) is 0 Å². The molecule has 0 unspecified atom stereocenters. The van der Waals surface area contributed by atoms with Crippen molar-refractivity contribution in [3.8, 4) is 0 Å². The van der Waals surface area contributed by atoms with Crippen LogP contribution in [0.15, 0.2) is 42.7 Å². The van der Waals surface area contributed by atoms with Crippen LogP contribution in [0.25, 0.3) is 5.65 Å². The van der Waals surface area contributed by atoms with E-state index in [0.717, 1.165) is 6.07 Å². The zero-order valence-electron chi connectivity index (χ0n) is 12.5. The molecule has 3 aromatic rings. The summed E-state index contributed by atoms with van der Waals surface area (Å²) in [5.41, 5.74) is -0.823. The summed E-state index contributed by atoms with van der Waals surface area (Å²) in [6.07, 6.45) is -1.74. The van der Waals surface area contributed by atoms with Gasteiger partial charge in [-0.3, -0.25) is 4.40 Å². The average Bonchev–Trinajstić information content (AvgIpc) is 3.00. The van der Waals surface area contributed by atoms with E-state index in [2.05, 4.69) is 10.3 Å². The van der Waals surface area contributed by atoms with Crippen molar-refractivity contribution in [3.63, 3.8) is 0 Å². The molecule has 0 saturated heterocycles. The molecule has 9 heteroatoms. The van der Waals surface area contributed by atoms with E-state index in [-0.39, 0.29) is 23.5 Å². The molecule has 2 heterocycles. The molecule has 0 aliphatic carbocycles. The number of fused-ring (bicyclic) bond motifs is 1. The molecular formula is C16H11F4N3O2. The van der Waals surface area contributed by atoms with Crippen LogP contribution >= 0.6 is 0 Å². The van der Waals surface area contributed by atoms with Gasteiger partial charge in [-0.25, -0.2) is 14.2 Å². The minimum absolute atomic E-state index is 0.134. The van der Waals surface area contributed by atoms with Crippen LogP contribution in [0.1, 0.15) is 21.6 Å². The lowest BCUT2D eigenvalue weighted by Gasteiger charge is -2.13. The number of aromatic carboxylic acids is 1. The van der Waals surface area contributed by atoms with Crippen molar-refractivity contribution < 1.29 is 27.5 Å². The number of aromatic nitrogens is 2. The summed E-state index contributed by atoms with van der Waals surface area (Å²) in [4.78, 5) is 15.4. The highest BCUT2D eigenvalue weighted by molar-refractivity contribution is 5.93. The lowest BCUT2D eigenvalue weighted by molar-refractivity contribution is -0.137. The van der Waals surface area contributed by atoms with Gasteiger partial charge in [-0.2, -0.15) is 13.2 Å². The van der Waals surface area contributed by atoms with Gasteiger partial charge in [-0.15, -0.1) is 0 Å². The number of rotatable bonds is 4. The first-order valence-corrected chi connectivity index (χ1v) is 7.06. The normalized spacial score (nSPS) is 11.7. The maximum atomic E-state index is 13.8. The zero-order valence-corrected chi connectivity index (χ0v) is 12.5. The van der Waals surface area contributed by atoms with Crippen molar-refractivity contribution in [2.45, 2.75) is 12.7 Å². The number of carboxylic acids is 1. The first kappa shape index (κ1) is 16.7. The molecule has 0 aliphatic rings. The topological polar surface area (TPSA) is 66.6 Å². The van der Waals surface area contributed by atoms with E-state index in [1.165, 1.54) is 28.9 Å². The molecule has 0 bridgehead atoms. The Morgan fingerprint density at radius 1 is 1.24 bits per heavy atom. The van der Waals surface area contributed by atoms with Gasteiger partial charge in [0.1, 0.15) is 11.5 Å². The van der Waals surface area contributed by atoms with Crippen molar-refractivity contribution in [1.82, 2.24) is 9.38 Å². The summed E-state index contributed by atoms with van der Waals surface area (Å²) in [6.45, 7) is -0.309. The SMILES string of the molecule is O=C(O)c1c(NCc2cc(C(F)(F)F)ccc2F)ccc2nccn12. The van der Waals surface area contributed by atoms with Gasteiger partial charge < -0.3 is 10.4 Å². The fourth-order valence-electron chi connectivity index (χ4n) is 2.43. The van der Waals surface area contributed by atoms with E-state index in [4.69, 9.17) is 0 Å². The predicted octanol–water partition coefficient (Wildman–Crippen LogP) is 3.80. The molecule has 0 aliphatic heterocycles. The zero-order chi connectivity index (χ0) is 18.2. The van der Waals surface area contributed by atoms with E-state index < -0.39 is 23.5 Å². The Balaban J connectivity index is 1.93. The van der Waals surface area contributed by atoms with Gasteiger partial charge in [0, 0.05) is 24.5 Å². The monoisotopic (exact) mass is 353 g/mol. The van der Waals surface area contributed by atoms with Crippen LogP contribution in [0, 0.1) is 5.82 Å². The molecule has 2 N–H and O–H groups in total. The lowest BCUT2D eigenvalue weighted by atomic mass is 10.1. The summed E-state index contributed by atoms with van der Waals surface area (Å²) in [6, 6.07) is 5.04. The average molecular weight is 353 g/mol. The van der Waals surface area contributed by atoms with Crippen molar-refractivity contribution in [2.75, 3.05) is 5.32 Å². The Kier molecular flexibility index (Phi) is 4.07. The summed E-state index contributed by atoms with van der Waals surface area (Å²) in [5.74, 6) is -2.07. The number of hydrogen-bond donors (Lipinski definition) is 2. The third-order valence-corrected chi connectivity index (χ3v) is 3.61. The first-order chi connectivity index (χ1) is 11.8. The van der Waals surface area contributed by atoms with E-state index >= 15 is 0 Å². The Labute approximate surface area is 138 Å². The van der Waals surface area contributed by atoms with Gasteiger partial charge in [0.25, 0.3) is 0 Å². The highest BCUT2D eigenvalue weighted by Gasteiger charge is 2.31. The molecular weight excluding hydrogens is 342 g/mol. The standard InChI is InChI=1S/C16H11F4N3O2/c17-11-2-1-10(16(18,19)20)7-9(11)8-22-12-3-4-13-21-5-6-23(13)14(12)15(24)25/h1-7,22H,8H2,(H,24,25). The fraction of sp³-hybridized carbons (Fsp3) is 0.125. The Hall–Kier alpha value is -3.10. The molecule has 25 heavy (non-hydrogen) atoms. The molecule has 2 aromatic heterocycles.